The van der Waals surface area contributed by atoms with E-state index in [9.17, 15) is 23.3 Å². The lowest BCUT2D eigenvalue weighted by Gasteiger charge is -2.16. The normalized spacial score (nSPS) is 12.3. The number of halogens is 4. The Morgan fingerprint density at radius 1 is 1.29 bits per heavy atom. The van der Waals surface area contributed by atoms with Gasteiger partial charge in [-0.1, -0.05) is 0 Å². The average molecular weight is 331 g/mol. The van der Waals surface area contributed by atoms with E-state index in [0.29, 0.717) is 0 Å². The SMILES string of the molecule is COc1cc([C@@H](N)CC(F)(F)F)c([N+](=O)[O-])cc1OC.Cl. The summed E-state index contributed by atoms with van der Waals surface area (Å²) in [4.78, 5) is 10.1. The van der Waals surface area contributed by atoms with Gasteiger partial charge in [0.1, 0.15) is 0 Å². The van der Waals surface area contributed by atoms with Gasteiger partial charge < -0.3 is 15.2 Å². The van der Waals surface area contributed by atoms with Crippen molar-refractivity contribution in [1.29, 1.82) is 0 Å². The molecule has 6 nitrogen and oxygen atoms in total. The molecule has 2 N–H and O–H groups in total. The van der Waals surface area contributed by atoms with Crippen molar-refractivity contribution in [2.75, 3.05) is 14.2 Å². The Bertz CT molecular complexity index is 511. The van der Waals surface area contributed by atoms with Crippen LogP contribution in [0, 0.1) is 10.1 Å². The molecule has 0 saturated carbocycles. The maximum Gasteiger partial charge on any atom is 0.390 e. The van der Waals surface area contributed by atoms with E-state index in [1.165, 1.54) is 14.2 Å². The fraction of sp³-hybridized carbons (Fsp3) is 0.455. The zero-order chi connectivity index (χ0) is 15.5. The molecule has 1 aromatic carbocycles. The first-order valence-corrected chi connectivity index (χ1v) is 5.42. The number of nitrogens with two attached hydrogens (primary N) is 1. The van der Waals surface area contributed by atoms with E-state index >= 15 is 0 Å². The molecule has 10 heteroatoms. The molecule has 0 heterocycles. The van der Waals surface area contributed by atoms with Crippen LogP contribution < -0.4 is 15.2 Å². The summed E-state index contributed by atoms with van der Waals surface area (Å²) < 4.78 is 46.8. The van der Waals surface area contributed by atoms with E-state index in [0.717, 1.165) is 12.1 Å². The number of alkyl halides is 3. The first kappa shape index (κ1) is 19.3. The van der Waals surface area contributed by atoms with Crippen molar-refractivity contribution in [2.24, 2.45) is 5.73 Å². The van der Waals surface area contributed by atoms with Gasteiger partial charge in [0.25, 0.3) is 5.69 Å². The number of methoxy groups -OCH3 is 2. The Kier molecular flexibility index (Phi) is 6.71. The molecule has 1 rings (SSSR count). The number of hydrogen-bond donors (Lipinski definition) is 1. The van der Waals surface area contributed by atoms with Crippen LogP contribution in [-0.2, 0) is 0 Å². The van der Waals surface area contributed by atoms with Gasteiger partial charge in [-0.3, -0.25) is 10.1 Å². The van der Waals surface area contributed by atoms with Gasteiger partial charge in [-0.15, -0.1) is 12.4 Å². The van der Waals surface area contributed by atoms with E-state index in [-0.39, 0.29) is 29.5 Å². The largest absolute Gasteiger partial charge is 0.493 e. The lowest BCUT2D eigenvalue weighted by molar-refractivity contribution is -0.385. The molecule has 0 aliphatic carbocycles. The lowest BCUT2D eigenvalue weighted by Crippen LogP contribution is -2.21. The Labute approximate surface area is 124 Å². The number of ether oxygens (including phenoxy) is 2. The van der Waals surface area contributed by atoms with Crippen molar-refractivity contribution in [1.82, 2.24) is 0 Å². The molecule has 0 aromatic heterocycles. The highest BCUT2D eigenvalue weighted by Gasteiger charge is 2.34. The summed E-state index contributed by atoms with van der Waals surface area (Å²) in [5.74, 6) is 0.118. The summed E-state index contributed by atoms with van der Waals surface area (Å²) in [5, 5.41) is 10.9. The summed E-state index contributed by atoms with van der Waals surface area (Å²) in [6, 6.07) is 0.521. The summed E-state index contributed by atoms with van der Waals surface area (Å²) >= 11 is 0. The van der Waals surface area contributed by atoms with Gasteiger partial charge in [-0.25, -0.2) is 0 Å². The second kappa shape index (κ2) is 7.32. The lowest BCUT2D eigenvalue weighted by atomic mass is 10.0. The van der Waals surface area contributed by atoms with E-state index in [1.807, 2.05) is 0 Å². The number of rotatable bonds is 5. The van der Waals surface area contributed by atoms with Gasteiger partial charge in [0.05, 0.1) is 37.2 Å². The van der Waals surface area contributed by atoms with Crippen molar-refractivity contribution in [2.45, 2.75) is 18.6 Å². The zero-order valence-electron chi connectivity index (χ0n) is 11.1. The maximum atomic E-state index is 12.3. The summed E-state index contributed by atoms with van der Waals surface area (Å²) in [6.07, 6.45) is -5.90. The van der Waals surface area contributed by atoms with E-state index in [4.69, 9.17) is 15.2 Å². The van der Waals surface area contributed by atoms with E-state index in [2.05, 4.69) is 0 Å². The summed E-state index contributed by atoms with van der Waals surface area (Å²) in [7, 11) is 2.53. The number of nitro groups is 1. The molecule has 21 heavy (non-hydrogen) atoms. The number of benzene rings is 1. The van der Waals surface area contributed by atoms with Gasteiger partial charge in [0.2, 0.25) is 0 Å². The van der Waals surface area contributed by atoms with E-state index in [1.54, 1.807) is 0 Å². The van der Waals surface area contributed by atoms with Crippen LogP contribution in [0.1, 0.15) is 18.0 Å². The molecule has 0 saturated heterocycles. The van der Waals surface area contributed by atoms with Crippen LogP contribution in [0.5, 0.6) is 11.5 Å². The number of nitrogens with zero attached hydrogens (tertiary/aromatic N) is 1. The molecule has 1 atom stereocenters. The van der Waals surface area contributed by atoms with Crippen LogP contribution in [0.15, 0.2) is 12.1 Å². The minimum atomic E-state index is -4.53. The fourth-order valence-electron chi connectivity index (χ4n) is 1.70. The monoisotopic (exact) mass is 330 g/mol. The van der Waals surface area contributed by atoms with Crippen molar-refractivity contribution < 1.29 is 27.6 Å². The third-order valence-corrected chi connectivity index (χ3v) is 2.58. The predicted molar refractivity (Wildman–Crippen MR) is 71.0 cm³/mol. The predicted octanol–water partition coefficient (Wildman–Crippen LogP) is 2.99. The minimum absolute atomic E-state index is 0. The molecule has 0 spiro atoms. The quantitative estimate of drug-likeness (QED) is 0.662. The van der Waals surface area contributed by atoms with Gasteiger partial charge in [-0.05, 0) is 6.07 Å². The minimum Gasteiger partial charge on any atom is -0.493 e. The first-order valence-electron chi connectivity index (χ1n) is 5.42. The summed E-state index contributed by atoms with van der Waals surface area (Å²) in [5.41, 5.74) is 4.61. The molecule has 0 fully saturated rings. The van der Waals surface area contributed by atoms with Gasteiger partial charge in [0.15, 0.2) is 11.5 Å². The molecule has 0 bridgehead atoms. The second-order valence-corrected chi connectivity index (χ2v) is 3.95. The second-order valence-electron chi connectivity index (χ2n) is 3.95. The van der Waals surface area contributed by atoms with Crippen molar-refractivity contribution in [3.63, 3.8) is 0 Å². The van der Waals surface area contributed by atoms with Crippen LogP contribution in [-0.4, -0.2) is 25.3 Å². The molecule has 0 aliphatic rings. The van der Waals surface area contributed by atoms with Crippen molar-refractivity contribution in [3.8, 4) is 11.5 Å². The molecule has 0 amide bonds. The third kappa shape index (κ3) is 4.94. The smallest absolute Gasteiger partial charge is 0.390 e. The van der Waals surface area contributed by atoms with Crippen LogP contribution in [0.2, 0.25) is 0 Å². The van der Waals surface area contributed by atoms with Crippen LogP contribution in [0.25, 0.3) is 0 Å². The van der Waals surface area contributed by atoms with Crippen molar-refractivity contribution >= 4 is 18.1 Å². The molecule has 0 unspecified atom stereocenters. The standard InChI is InChI=1S/C11H13F3N2O4.ClH/c1-19-9-3-6(7(15)5-11(12,13)14)8(16(17)18)4-10(9)20-2;/h3-4,7H,5,15H2,1-2H3;1H/t7-;/m0./s1. The Morgan fingerprint density at radius 3 is 2.14 bits per heavy atom. The Hall–Kier alpha value is -1.74. The van der Waals surface area contributed by atoms with Crippen molar-refractivity contribution in [3.05, 3.63) is 27.8 Å². The Balaban J connectivity index is 0.00000400. The molecule has 120 valence electrons. The topological polar surface area (TPSA) is 87.6 Å². The molecule has 0 aliphatic heterocycles. The summed E-state index contributed by atoms with van der Waals surface area (Å²) in [6.45, 7) is 0. The zero-order valence-corrected chi connectivity index (χ0v) is 12.0. The van der Waals surface area contributed by atoms with Gasteiger partial charge in [0, 0.05) is 6.04 Å². The van der Waals surface area contributed by atoms with E-state index < -0.39 is 29.2 Å². The number of nitro benzene ring substituents is 1. The van der Waals surface area contributed by atoms with Crippen LogP contribution in [0.4, 0.5) is 18.9 Å². The Morgan fingerprint density at radius 2 is 1.76 bits per heavy atom. The third-order valence-electron chi connectivity index (χ3n) is 2.58. The molecule has 0 radical (unpaired) electrons. The highest BCUT2D eigenvalue weighted by molar-refractivity contribution is 5.85. The highest BCUT2D eigenvalue weighted by atomic mass is 35.5. The van der Waals surface area contributed by atoms with Gasteiger partial charge >= 0.3 is 6.18 Å². The first-order chi connectivity index (χ1) is 9.19. The highest BCUT2D eigenvalue weighted by Crippen LogP contribution is 2.39. The number of hydrogen-bond acceptors (Lipinski definition) is 5. The van der Waals surface area contributed by atoms with Crippen LogP contribution >= 0.6 is 12.4 Å². The maximum absolute atomic E-state index is 12.3. The average Bonchev–Trinajstić information content (AvgIpc) is 2.34. The van der Waals surface area contributed by atoms with Crippen LogP contribution in [0.3, 0.4) is 0 Å². The fourth-order valence-corrected chi connectivity index (χ4v) is 1.70. The molecular formula is C11H14ClF3N2O4. The molecule has 1 aromatic rings. The molecular weight excluding hydrogens is 317 g/mol. The van der Waals surface area contributed by atoms with Gasteiger partial charge in [-0.2, -0.15) is 13.2 Å².